The van der Waals surface area contributed by atoms with Gasteiger partial charge in [0.15, 0.2) is 11.5 Å². The molecule has 11 nitrogen and oxygen atoms in total. The Morgan fingerprint density at radius 1 is 1.16 bits per heavy atom. The van der Waals surface area contributed by atoms with Gasteiger partial charge in [0.25, 0.3) is 0 Å². The number of aliphatic hydroxyl groups excluding tert-OH is 1. The zero-order chi connectivity index (χ0) is 31.0. The highest BCUT2D eigenvalue weighted by molar-refractivity contribution is 8.03. The number of carboxylic acids is 1. The number of β-lactam (4-membered cyclic amide) rings is 1. The molecule has 228 valence electrons. The normalized spacial score (nSPS) is 25.7. The van der Waals surface area contributed by atoms with Gasteiger partial charge in [0.2, 0.25) is 11.8 Å². The number of hydrogen-bond donors (Lipinski definition) is 3. The Balaban J connectivity index is 1.41. The minimum absolute atomic E-state index is 0.0329. The van der Waals surface area contributed by atoms with Crippen molar-refractivity contribution < 1.29 is 38.9 Å². The lowest BCUT2D eigenvalue weighted by atomic mass is 9.79. The molecule has 0 spiro atoms. The van der Waals surface area contributed by atoms with Crippen LogP contribution in [0.15, 0.2) is 53.1 Å². The van der Waals surface area contributed by atoms with Crippen molar-refractivity contribution in [1.82, 2.24) is 9.80 Å². The van der Waals surface area contributed by atoms with Crippen LogP contribution in [0.2, 0.25) is 0 Å². The van der Waals surface area contributed by atoms with Gasteiger partial charge < -0.3 is 29.9 Å². The zero-order valence-electron chi connectivity index (χ0n) is 24.4. The standard InChI is InChI=1S/C31H35N3O8S/c1-16-26-25(17(2)36)30(38)34(26)27(31(39)40)28(16)43-21-12-22(29(37)32-20-7-5-6-19(10-20)15-35)33(14-21)13-18-8-9-23(41-3)24(11-18)42-4/h5-11,15-17,21-22,25-26,36H,12-14H2,1-4H3,(H,32,37)(H,39,40)/t16-,17-,21+,22+,25-,26-/m1/s1. The molecule has 5 rings (SSSR count). The van der Waals surface area contributed by atoms with Gasteiger partial charge in [-0.1, -0.05) is 25.1 Å². The number of benzene rings is 2. The van der Waals surface area contributed by atoms with E-state index in [1.165, 1.54) is 16.7 Å². The first-order chi connectivity index (χ1) is 20.6. The number of methoxy groups -OCH3 is 2. The number of aldehydes is 1. The number of thioether (sulfide) groups is 1. The van der Waals surface area contributed by atoms with Crippen molar-refractivity contribution in [1.29, 1.82) is 0 Å². The third kappa shape index (κ3) is 5.74. The highest BCUT2D eigenvalue weighted by atomic mass is 32.2. The largest absolute Gasteiger partial charge is 0.493 e. The SMILES string of the molecule is COc1ccc(CN2C[C@@H](SC3=C(C(=O)O)N4C(=O)[C@H]([C@@H](C)O)[C@H]4[C@H]3C)C[C@H]2C(=O)Nc2cccc(C=O)c2)cc1OC. The van der Waals surface area contributed by atoms with Gasteiger partial charge >= 0.3 is 5.97 Å². The van der Waals surface area contributed by atoms with Crippen LogP contribution in [0.25, 0.3) is 0 Å². The first kappa shape index (κ1) is 30.6. The van der Waals surface area contributed by atoms with Gasteiger partial charge in [-0.15, -0.1) is 11.8 Å². The maximum atomic E-state index is 13.7. The number of ether oxygens (including phenoxy) is 2. The Morgan fingerprint density at radius 2 is 1.91 bits per heavy atom. The second kappa shape index (κ2) is 12.4. The summed E-state index contributed by atoms with van der Waals surface area (Å²) in [5.41, 5.74) is 1.81. The van der Waals surface area contributed by atoms with Crippen molar-refractivity contribution in [3.05, 3.63) is 64.2 Å². The molecule has 2 fully saturated rings. The Hall–Kier alpha value is -3.87. The summed E-state index contributed by atoms with van der Waals surface area (Å²) in [6.45, 7) is 4.34. The molecule has 0 aliphatic carbocycles. The van der Waals surface area contributed by atoms with Gasteiger partial charge in [0.05, 0.1) is 38.3 Å². The van der Waals surface area contributed by atoms with Crippen LogP contribution < -0.4 is 14.8 Å². The topological polar surface area (TPSA) is 146 Å². The number of carbonyl (C=O) groups excluding carboxylic acids is 3. The van der Waals surface area contributed by atoms with Crippen molar-refractivity contribution in [3.63, 3.8) is 0 Å². The van der Waals surface area contributed by atoms with Crippen LogP contribution in [0, 0.1) is 11.8 Å². The zero-order valence-corrected chi connectivity index (χ0v) is 25.2. The second-order valence-electron chi connectivity index (χ2n) is 11.1. The highest BCUT2D eigenvalue weighted by Crippen LogP contribution is 2.52. The Kier molecular flexibility index (Phi) is 8.81. The number of nitrogens with one attached hydrogen (secondary N) is 1. The van der Waals surface area contributed by atoms with Gasteiger partial charge in [-0.25, -0.2) is 4.79 Å². The lowest BCUT2D eigenvalue weighted by molar-refractivity contribution is -0.163. The maximum absolute atomic E-state index is 13.7. The lowest BCUT2D eigenvalue weighted by Crippen LogP contribution is -2.63. The molecule has 3 N–H and O–H groups in total. The average molecular weight is 610 g/mol. The lowest BCUT2D eigenvalue weighted by Gasteiger charge is -2.46. The molecule has 3 aliphatic rings. The van der Waals surface area contributed by atoms with Gasteiger partial charge in [0.1, 0.15) is 12.0 Å². The van der Waals surface area contributed by atoms with Crippen LogP contribution in [0.1, 0.15) is 36.2 Å². The van der Waals surface area contributed by atoms with Crippen molar-refractivity contribution in [2.24, 2.45) is 11.8 Å². The van der Waals surface area contributed by atoms with Crippen molar-refractivity contribution in [2.75, 3.05) is 26.1 Å². The molecule has 2 aromatic carbocycles. The molecule has 0 aromatic heterocycles. The third-order valence-electron chi connectivity index (χ3n) is 8.40. The summed E-state index contributed by atoms with van der Waals surface area (Å²) in [5.74, 6) is -1.57. The summed E-state index contributed by atoms with van der Waals surface area (Å²) in [5, 5.41) is 23.1. The molecule has 0 unspecified atom stereocenters. The van der Waals surface area contributed by atoms with E-state index in [1.54, 1.807) is 51.5 Å². The summed E-state index contributed by atoms with van der Waals surface area (Å²) in [7, 11) is 3.12. The fourth-order valence-electron chi connectivity index (χ4n) is 6.38. The number of aliphatic carboxylic acids is 1. The summed E-state index contributed by atoms with van der Waals surface area (Å²) >= 11 is 1.39. The number of fused-ring (bicyclic) bond motifs is 1. The van der Waals surface area contributed by atoms with E-state index in [-0.39, 0.29) is 28.7 Å². The molecule has 2 aromatic rings. The molecule has 2 saturated heterocycles. The maximum Gasteiger partial charge on any atom is 0.353 e. The van der Waals surface area contributed by atoms with Gasteiger partial charge in [0, 0.05) is 40.4 Å². The molecule has 0 bridgehead atoms. The Bertz CT molecular complexity index is 1480. The van der Waals surface area contributed by atoms with Crippen LogP contribution in [0.4, 0.5) is 5.69 Å². The predicted octanol–water partition coefficient (Wildman–Crippen LogP) is 2.98. The molecular weight excluding hydrogens is 574 g/mol. The molecule has 3 heterocycles. The summed E-state index contributed by atoms with van der Waals surface area (Å²) in [6, 6.07) is 11.3. The Morgan fingerprint density at radius 3 is 2.56 bits per heavy atom. The third-order valence-corrected chi connectivity index (χ3v) is 9.89. The van der Waals surface area contributed by atoms with Gasteiger partial charge in [-0.2, -0.15) is 0 Å². The minimum atomic E-state index is -1.18. The second-order valence-corrected chi connectivity index (χ2v) is 12.5. The number of amides is 2. The fourth-order valence-corrected chi connectivity index (χ4v) is 7.94. The number of anilines is 1. The summed E-state index contributed by atoms with van der Waals surface area (Å²) in [6.07, 6.45) is 0.261. The summed E-state index contributed by atoms with van der Waals surface area (Å²) < 4.78 is 10.8. The monoisotopic (exact) mass is 609 g/mol. The van der Waals surface area contributed by atoms with E-state index in [2.05, 4.69) is 5.32 Å². The van der Waals surface area contributed by atoms with Crippen molar-refractivity contribution in [2.45, 2.75) is 50.3 Å². The number of likely N-dealkylation sites (tertiary alicyclic amines) is 1. The van der Waals surface area contributed by atoms with E-state index in [9.17, 15) is 29.4 Å². The molecule has 6 atom stereocenters. The number of carbonyl (C=O) groups is 4. The number of aliphatic hydroxyl groups is 1. The minimum Gasteiger partial charge on any atom is -0.493 e. The molecule has 0 radical (unpaired) electrons. The fraction of sp³-hybridized carbons (Fsp3) is 0.419. The number of hydrogen-bond acceptors (Lipinski definition) is 9. The number of nitrogens with zero attached hydrogens (tertiary/aromatic N) is 2. The molecular formula is C31H35N3O8S. The summed E-state index contributed by atoms with van der Waals surface area (Å²) in [4.78, 5) is 54.0. The smallest absolute Gasteiger partial charge is 0.353 e. The molecule has 0 saturated carbocycles. The van der Waals surface area contributed by atoms with Gasteiger partial charge in [-0.3, -0.25) is 19.3 Å². The van der Waals surface area contributed by atoms with E-state index in [0.717, 1.165) is 5.56 Å². The van der Waals surface area contributed by atoms with E-state index >= 15 is 0 Å². The molecule has 2 amide bonds. The van der Waals surface area contributed by atoms with Crippen molar-refractivity contribution in [3.8, 4) is 11.5 Å². The predicted molar refractivity (Wildman–Crippen MR) is 160 cm³/mol. The van der Waals surface area contributed by atoms with Crippen LogP contribution >= 0.6 is 11.8 Å². The van der Waals surface area contributed by atoms with Gasteiger partial charge in [-0.05, 0) is 43.2 Å². The molecule has 3 aliphatic heterocycles. The quantitative estimate of drug-likeness (QED) is 0.257. The van der Waals surface area contributed by atoms with E-state index in [4.69, 9.17) is 9.47 Å². The van der Waals surface area contributed by atoms with Crippen LogP contribution in [-0.2, 0) is 20.9 Å². The average Bonchev–Trinajstić information content (AvgIpc) is 3.49. The van der Waals surface area contributed by atoms with Crippen LogP contribution in [-0.4, -0.2) is 88.3 Å². The molecule has 43 heavy (non-hydrogen) atoms. The number of rotatable bonds is 11. The Labute approximate surface area is 253 Å². The highest BCUT2D eigenvalue weighted by Gasteiger charge is 2.60. The van der Waals surface area contributed by atoms with E-state index in [1.807, 2.05) is 24.0 Å². The van der Waals surface area contributed by atoms with Crippen molar-refractivity contribution >= 4 is 41.5 Å². The van der Waals surface area contributed by atoms with E-state index < -0.39 is 30.1 Å². The first-order valence-corrected chi connectivity index (χ1v) is 14.9. The molecule has 12 heteroatoms. The number of carboxylic acid groups (broad SMARTS) is 1. The van der Waals surface area contributed by atoms with E-state index in [0.29, 0.717) is 53.5 Å². The first-order valence-electron chi connectivity index (χ1n) is 14.0. The van der Waals surface area contributed by atoms with Crippen LogP contribution in [0.5, 0.6) is 11.5 Å². The van der Waals surface area contributed by atoms with Crippen LogP contribution in [0.3, 0.4) is 0 Å².